The second-order valence-corrected chi connectivity index (χ2v) is 4.78. The van der Waals surface area contributed by atoms with Gasteiger partial charge in [-0.05, 0) is 32.3 Å². The molecule has 0 saturated carbocycles. The molecular formula is C13H18ClN3O2. The summed E-state index contributed by atoms with van der Waals surface area (Å²) in [4.78, 5) is 25.1. The summed E-state index contributed by atoms with van der Waals surface area (Å²) in [6.07, 6.45) is 0. The Labute approximate surface area is 117 Å². The highest BCUT2D eigenvalue weighted by Crippen LogP contribution is 2.10. The third-order valence-electron chi connectivity index (χ3n) is 2.38. The molecule has 19 heavy (non-hydrogen) atoms. The van der Waals surface area contributed by atoms with Crippen LogP contribution in [0.25, 0.3) is 0 Å². The van der Waals surface area contributed by atoms with Gasteiger partial charge in [0.05, 0.1) is 6.54 Å². The van der Waals surface area contributed by atoms with E-state index in [1.165, 1.54) is 0 Å². The van der Waals surface area contributed by atoms with Crippen LogP contribution in [0.4, 0.5) is 0 Å². The fraction of sp³-hybridized carbons (Fsp3) is 0.385. The Hall–Kier alpha value is -1.59. The van der Waals surface area contributed by atoms with Crippen molar-refractivity contribution in [2.75, 3.05) is 33.7 Å². The van der Waals surface area contributed by atoms with Crippen LogP contribution < -0.4 is 10.6 Å². The molecule has 5 nitrogen and oxygen atoms in total. The number of nitrogens with zero attached hydrogens (tertiary/aromatic N) is 1. The summed E-state index contributed by atoms with van der Waals surface area (Å²) in [5, 5.41) is 5.74. The summed E-state index contributed by atoms with van der Waals surface area (Å²) >= 11 is 5.79. The fourth-order valence-electron chi connectivity index (χ4n) is 1.37. The maximum Gasteiger partial charge on any atom is 0.251 e. The van der Waals surface area contributed by atoms with Crippen molar-refractivity contribution in [3.63, 3.8) is 0 Å². The molecule has 0 aliphatic carbocycles. The van der Waals surface area contributed by atoms with Crippen molar-refractivity contribution in [1.82, 2.24) is 15.5 Å². The first-order valence-corrected chi connectivity index (χ1v) is 6.32. The van der Waals surface area contributed by atoms with Crippen molar-refractivity contribution in [2.24, 2.45) is 0 Å². The first kappa shape index (κ1) is 15.5. The van der Waals surface area contributed by atoms with Crippen LogP contribution in [0, 0.1) is 0 Å². The molecular weight excluding hydrogens is 266 g/mol. The van der Waals surface area contributed by atoms with Crippen molar-refractivity contribution in [3.05, 3.63) is 34.9 Å². The Morgan fingerprint density at radius 3 is 2.63 bits per heavy atom. The number of hydrogen-bond acceptors (Lipinski definition) is 3. The molecule has 2 amide bonds. The van der Waals surface area contributed by atoms with E-state index in [0.717, 1.165) is 6.54 Å². The number of benzene rings is 1. The molecule has 0 aromatic heterocycles. The molecule has 2 N–H and O–H groups in total. The summed E-state index contributed by atoms with van der Waals surface area (Å²) in [6.45, 7) is 1.27. The number of nitrogens with one attached hydrogen (secondary N) is 2. The van der Waals surface area contributed by atoms with Crippen molar-refractivity contribution in [1.29, 1.82) is 0 Å². The van der Waals surface area contributed by atoms with Crippen molar-refractivity contribution < 1.29 is 9.59 Å². The van der Waals surface area contributed by atoms with Gasteiger partial charge in [0.1, 0.15) is 0 Å². The lowest BCUT2D eigenvalue weighted by Crippen LogP contribution is -2.39. The Balaban J connectivity index is 2.32. The lowest BCUT2D eigenvalue weighted by atomic mass is 10.2. The maximum atomic E-state index is 11.7. The van der Waals surface area contributed by atoms with Gasteiger partial charge >= 0.3 is 0 Å². The number of likely N-dealkylation sites (N-methyl/N-ethyl adjacent to an activating group) is 1. The summed E-state index contributed by atoms with van der Waals surface area (Å²) < 4.78 is 0. The van der Waals surface area contributed by atoms with E-state index in [4.69, 9.17) is 11.6 Å². The Morgan fingerprint density at radius 1 is 1.26 bits per heavy atom. The van der Waals surface area contributed by atoms with E-state index < -0.39 is 0 Å². The van der Waals surface area contributed by atoms with Gasteiger partial charge in [-0.2, -0.15) is 0 Å². The van der Waals surface area contributed by atoms with Gasteiger partial charge in [-0.25, -0.2) is 0 Å². The minimum Gasteiger partial charge on any atom is -0.353 e. The molecule has 0 heterocycles. The number of amides is 2. The number of hydrogen-bond donors (Lipinski definition) is 2. The van der Waals surface area contributed by atoms with Crippen molar-refractivity contribution in [2.45, 2.75) is 0 Å². The standard InChI is InChI=1S/C13H18ClN3O2/c1-17(2)7-6-15-12(18)9-16-13(19)10-4-3-5-11(14)8-10/h3-5,8H,6-7,9H2,1-2H3,(H,15,18)(H,16,19). The second-order valence-electron chi connectivity index (χ2n) is 4.35. The number of rotatable bonds is 6. The van der Waals surface area contributed by atoms with Gasteiger partial charge in [-0.1, -0.05) is 17.7 Å². The molecule has 1 rings (SSSR count). The van der Waals surface area contributed by atoms with Crippen molar-refractivity contribution in [3.8, 4) is 0 Å². The SMILES string of the molecule is CN(C)CCNC(=O)CNC(=O)c1cccc(Cl)c1. The van der Waals surface area contributed by atoms with E-state index in [1.54, 1.807) is 24.3 Å². The average Bonchev–Trinajstić information content (AvgIpc) is 2.35. The summed E-state index contributed by atoms with van der Waals surface area (Å²) in [7, 11) is 3.85. The summed E-state index contributed by atoms with van der Waals surface area (Å²) in [5.74, 6) is -0.525. The molecule has 0 bridgehead atoms. The van der Waals surface area contributed by atoms with E-state index in [1.807, 2.05) is 19.0 Å². The Kier molecular flexibility index (Phi) is 6.32. The smallest absolute Gasteiger partial charge is 0.251 e. The molecule has 1 aromatic carbocycles. The maximum absolute atomic E-state index is 11.7. The first-order valence-electron chi connectivity index (χ1n) is 5.94. The van der Waals surface area contributed by atoms with Crippen LogP contribution in [0.1, 0.15) is 10.4 Å². The van der Waals surface area contributed by atoms with E-state index >= 15 is 0 Å². The van der Waals surface area contributed by atoms with Gasteiger partial charge in [-0.15, -0.1) is 0 Å². The molecule has 0 spiro atoms. The molecule has 0 aliphatic rings. The average molecular weight is 284 g/mol. The minimum atomic E-state index is -0.315. The lowest BCUT2D eigenvalue weighted by Gasteiger charge is -2.10. The van der Waals surface area contributed by atoms with Gasteiger partial charge in [0, 0.05) is 23.7 Å². The van der Waals surface area contributed by atoms with E-state index in [9.17, 15) is 9.59 Å². The topological polar surface area (TPSA) is 61.4 Å². The van der Waals surface area contributed by atoms with Crippen molar-refractivity contribution >= 4 is 23.4 Å². The monoisotopic (exact) mass is 283 g/mol. The molecule has 0 aliphatic heterocycles. The molecule has 6 heteroatoms. The summed E-state index contributed by atoms with van der Waals surface area (Å²) in [5.41, 5.74) is 0.439. The van der Waals surface area contributed by atoms with Gasteiger partial charge in [0.15, 0.2) is 0 Å². The lowest BCUT2D eigenvalue weighted by molar-refractivity contribution is -0.120. The third-order valence-corrected chi connectivity index (χ3v) is 2.61. The minimum absolute atomic E-state index is 0.0429. The predicted octanol–water partition coefficient (Wildman–Crippen LogP) is 0.748. The predicted molar refractivity (Wildman–Crippen MR) is 75.3 cm³/mol. The molecule has 104 valence electrons. The highest BCUT2D eigenvalue weighted by atomic mass is 35.5. The Bertz CT molecular complexity index is 449. The molecule has 0 radical (unpaired) electrons. The van der Waals surface area contributed by atoms with Crippen LogP contribution in [-0.2, 0) is 4.79 Å². The Morgan fingerprint density at radius 2 is 2.00 bits per heavy atom. The number of carbonyl (C=O) groups is 2. The van der Waals surface area contributed by atoms with Gasteiger partial charge in [0.2, 0.25) is 5.91 Å². The molecule has 0 saturated heterocycles. The van der Waals surface area contributed by atoms with Gasteiger partial charge < -0.3 is 15.5 Å². The van der Waals surface area contributed by atoms with Gasteiger partial charge in [-0.3, -0.25) is 9.59 Å². The number of carbonyl (C=O) groups excluding carboxylic acids is 2. The van der Waals surface area contributed by atoms with Crippen LogP contribution in [0.5, 0.6) is 0 Å². The highest BCUT2D eigenvalue weighted by molar-refractivity contribution is 6.30. The second kappa shape index (κ2) is 7.76. The number of halogens is 1. The zero-order valence-corrected chi connectivity index (χ0v) is 11.8. The van der Waals surface area contributed by atoms with E-state index in [2.05, 4.69) is 10.6 Å². The van der Waals surface area contributed by atoms with Crippen LogP contribution in [0.2, 0.25) is 5.02 Å². The molecule has 0 atom stereocenters. The van der Waals surface area contributed by atoms with Crippen LogP contribution in [0.15, 0.2) is 24.3 Å². The largest absolute Gasteiger partial charge is 0.353 e. The summed E-state index contributed by atoms with van der Waals surface area (Å²) in [6, 6.07) is 6.58. The zero-order chi connectivity index (χ0) is 14.3. The quantitative estimate of drug-likeness (QED) is 0.810. The van der Waals surface area contributed by atoms with Crippen LogP contribution in [-0.4, -0.2) is 50.4 Å². The first-order chi connectivity index (χ1) is 8.99. The fourth-order valence-corrected chi connectivity index (χ4v) is 1.56. The third kappa shape index (κ3) is 6.22. The van der Waals surface area contributed by atoms with E-state index in [-0.39, 0.29) is 18.4 Å². The van der Waals surface area contributed by atoms with Gasteiger partial charge in [0.25, 0.3) is 5.91 Å². The molecule has 0 unspecified atom stereocenters. The van der Waals surface area contributed by atoms with E-state index in [0.29, 0.717) is 17.1 Å². The molecule has 1 aromatic rings. The van der Waals surface area contributed by atoms with Crippen LogP contribution >= 0.6 is 11.6 Å². The normalized spacial score (nSPS) is 10.3. The zero-order valence-electron chi connectivity index (χ0n) is 11.1. The molecule has 0 fully saturated rings. The van der Waals surface area contributed by atoms with Crippen LogP contribution in [0.3, 0.4) is 0 Å². The highest BCUT2D eigenvalue weighted by Gasteiger charge is 2.07.